The molecule has 6 rings (SSSR count). The number of rotatable bonds is 11. The standard InChI is InChI=1S/C32H43FN6O2/c1-31(2,3)24-18-22-8-13-39(28(22)36-29(24)40-16-14-37-9-6-10-37)21-32(4,5)25-19-23-26(33)20-34-27(23)35-30(25)41-17-15-38-11-7-12-38/h8,13,18-20H,6-7,9-12,14-17,21H2,1-5H3,(H,34,35). The smallest absolute Gasteiger partial charge is 0.219 e. The first-order valence-electron chi connectivity index (χ1n) is 15.0. The highest BCUT2D eigenvalue weighted by Gasteiger charge is 2.30. The van der Waals surface area contributed by atoms with E-state index in [0.29, 0.717) is 42.6 Å². The number of nitrogens with zero attached hydrogens (tertiary/aromatic N) is 5. The molecular weight excluding hydrogens is 519 g/mol. The van der Waals surface area contributed by atoms with E-state index in [2.05, 4.69) is 72.3 Å². The van der Waals surface area contributed by atoms with E-state index in [1.54, 1.807) is 0 Å². The van der Waals surface area contributed by atoms with Gasteiger partial charge in [0.25, 0.3) is 0 Å². The first kappa shape index (κ1) is 28.0. The Kier molecular flexibility index (Phi) is 7.44. The summed E-state index contributed by atoms with van der Waals surface area (Å²) in [6, 6.07) is 6.24. The molecule has 0 amide bonds. The number of halogens is 1. The van der Waals surface area contributed by atoms with Gasteiger partial charge in [0, 0.05) is 54.0 Å². The third kappa shape index (κ3) is 5.79. The summed E-state index contributed by atoms with van der Waals surface area (Å²) in [5, 5.41) is 1.56. The zero-order valence-electron chi connectivity index (χ0n) is 25.1. The van der Waals surface area contributed by atoms with Crippen LogP contribution in [-0.2, 0) is 17.4 Å². The van der Waals surface area contributed by atoms with Gasteiger partial charge < -0.3 is 19.0 Å². The quantitative estimate of drug-likeness (QED) is 0.261. The summed E-state index contributed by atoms with van der Waals surface area (Å²) in [4.78, 5) is 17.5. The average molecular weight is 563 g/mol. The van der Waals surface area contributed by atoms with Crippen LogP contribution < -0.4 is 9.47 Å². The van der Waals surface area contributed by atoms with Crippen molar-refractivity contribution in [3.63, 3.8) is 0 Å². The molecule has 0 saturated carbocycles. The van der Waals surface area contributed by atoms with Gasteiger partial charge in [-0.3, -0.25) is 9.80 Å². The molecule has 4 aromatic heterocycles. The Morgan fingerprint density at radius 3 is 2.10 bits per heavy atom. The lowest BCUT2D eigenvalue weighted by Crippen LogP contribution is -2.39. The molecule has 6 heterocycles. The van der Waals surface area contributed by atoms with Gasteiger partial charge in [0.15, 0.2) is 0 Å². The highest BCUT2D eigenvalue weighted by atomic mass is 19.1. The molecule has 41 heavy (non-hydrogen) atoms. The van der Waals surface area contributed by atoms with Crippen LogP contribution in [0.1, 0.15) is 58.6 Å². The van der Waals surface area contributed by atoms with Gasteiger partial charge in [-0.05, 0) is 62.6 Å². The van der Waals surface area contributed by atoms with E-state index in [0.717, 1.165) is 61.4 Å². The van der Waals surface area contributed by atoms with Crippen LogP contribution in [0.3, 0.4) is 0 Å². The van der Waals surface area contributed by atoms with Crippen LogP contribution in [0.2, 0.25) is 0 Å². The predicted molar refractivity (Wildman–Crippen MR) is 161 cm³/mol. The number of hydrogen-bond donors (Lipinski definition) is 1. The molecule has 4 aromatic rings. The first-order chi connectivity index (χ1) is 19.6. The number of H-pyrrole nitrogens is 1. The fourth-order valence-electron chi connectivity index (χ4n) is 5.73. The van der Waals surface area contributed by atoms with E-state index in [1.165, 1.54) is 19.0 Å². The van der Waals surface area contributed by atoms with Gasteiger partial charge in [-0.1, -0.05) is 34.6 Å². The summed E-state index contributed by atoms with van der Waals surface area (Å²) < 4.78 is 29.4. The van der Waals surface area contributed by atoms with Crippen molar-refractivity contribution >= 4 is 22.1 Å². The molecule has 1 N–H and O–H groups in total. The number of ether oxygens (including phenoxy) is 2. The molecule has 0 aromatic carbocycles. The van der Waals surface area contributed by atoms with Gasteiger partial charge in [0.1, 0.15) is 30.3 Å². The molecule has 0 atom stereocenters. The molecule has 2 fully saturated rings. The number of hydrogen-bond acceptors (Lipinski definition) is 6. The average Bonchev–Trinajstić information content (AvgIpc) is 3.42. The lowest BCUT2D eigenvalue weighted by Gasteiger charge is -2.31. The Morgan fingerprint density at radius 1 is 0.878 bits per heavy atom. The summed E-state index contributed by atoms with van der Waals surface area (Å²) in [7, 11) is 0. The minimum Gasteiger partial charge on any atom is -0.476 e. The first-order valence-corrected chi connectivity index (χ1v) is 15.0. The van der Waals surface area contributed by atoms with Crippen LogP contribution in [0.5, 0.6) is 11.8 Å². The van der Waals surface area contributed by atoms with Crippen molar-refractivity contribution in [3.8, 4) is 11.8 Å². The zero-order chi connectivity index (χ0) is 28.8. The van der Waals surface area contributed by atoms with Gasteiger partial charge in [-0.15, -0.1) is 0 Å². The molecule has 220 valence electrons. The molecule has 0 unspecified atom stereocenters. The minimum atomic E-state index is -0.425. The topological polar surface area (TPSA) is 71.4 Å². The molecule has 0 spiro atoms. The zero-order valence-corrected chi connectivity index (χ0v) is 25.1. The highest BCUT2D eigenvalue weighted by molar-refractivity contribution is 5.79. The van der Waals surface area contributed by atoms with Crippen molar-refractivity contribution in [2.75, 3.05) is 52.5 Å². The molecule has 0 aliphatic carbocycles. The van der Waals surface area contributed by atoms with Crippen LogP contribution in [0.25, 0.3) is 22.1 Å². The van der Waals surface area contributed by atoms with E-state index < -0.39 is 5.41 Å². The second-order valence-corrected chi connectivity index (χ2v) is 13.3. The van der Waals surface area contributed by atoms with Gasteiger partial charge in [0.05, 0.1) is 5.39 Å². The molecule has 8 nitrogen and oxygen atoms in total. The largest absolute Gasteiger partial charge is 0.476 e. The monoisotopic (exact) mass is 562 g/mol. The number of aromatic amines is 1. The minimum absolute atomic E-state index is 0.0986. The Hall–Kier alpha value is -3.17. The number of nitrogens with one attached hydrogen (secondary N) is 1. The number of fused-ring (bicyclic) bond motifs is 2. The van der Waals surface area contributed by atoms with E-state index in [4.69, 9.17) is 19.4 Å². The van der Waals surface area contributed by atoms with Crippen LogP contribution in [0.15, 0.2) is 30.6 Å². The summed E-state index contributed by atoms with van der Waals surface area (Å²) in [6.07, 6.45) is 5.96. The normalized spacial score (nSPS) is 16.7. The van der Waals surface area contributed by atoms with Crippen molar-refractivity contribution in [2.45, 2.75) is 64.8 Å². The molecule has 0 bridgehead atoms. The van der Waals surface area contributed by atoms with Gasteiger partial charge in [-0.25, -0.2) is 4.39 Å². The number of pyridine rings is 2. The third-order valence-corrected chi connectivity index (χ3v) is 8.58. The van der Waals surface area contributed by atoms with Crippen LogP contribution in [0.4, 0.5) is 4.39 Å². The van der Waals surface area contributed by atoms with Crippen molar-refractivity contribution < 1.29 is 13.9 Å². The van der Waals surface area contributed by atoms with Crippen LogP contribution in [0, 0.1) is 5.82 Å². The Bertz CT molecular complexity index is 1530. The van der Waals surface area contributed by atoms with Crippen molar-refractivity contribution in [1.29, 1.82) is 0 Å². The molecule has 2 aliphatic heterocycles. The van der Waals surface area contributed by atoms with Crippen molar-refractivity contribution in [1.82, 2.24) is 29.3 Å². The molecular formula is C32H43FN6O2. The molecule has 9 heteroatoms. The van der Waals surface area contributed by atoms with E-state index >= 15 is 0 Å². The number of aromatic nitrogens is 4. The lowest BCUT2D eigenvalue weighted by molar-refractivity contribution is 0.144. The molecule has 2 aliphatic rings. The Balaban J connectivity index is 1.30. The molecule has 2 saturated heterocycles. The Labute approximate surface area is 241 Å². The van der Waals surface area contributed by atoms with Crippen LogP contribution in [-0.4, -0.2) is 81.8 Å². The summed E-state index contributed by atoms with van der Waals surface area (Å²) in [5.41, 5.74) is 2.85. The summed E-state index contributed by atoms with van der Waals surface area (Å²) in [5.74, 6) is 0.953. The second-order valence-electron chi connectivity index (χ2n) is 13.3. The van der Waals surface area contributed by atoms with Crippen LogP contribution >= 0.6 is 0 Å². The maximum absolute atomic E-state index is 14.6. The van der Waals surface area contributed by atoms with Gasteiger partial charge >= 0.3 is 0 Å². The number of likely N-dealkylation sites (tertiary alicyclic amines) is 2. The predicted octanol–water partition coefficient (Wildman–Crippen LogP) is 5.50. The van der Waals surface area contributed by atoms with Crippen molar-refractivity contribution in [3.05, 3.63) is 47.5 Å². The Morgan fingerprint density at radius 2 is 1.51 bits per heavy atom. The maximum atomic E-state index is 14.6. The second kappa shape index (κ2) is 10.9. The fraction of sp³-hybridized carbons (Fsp3) is 0.562. The van der Waals surface area contributed by atoms with Crippen molar-refractivity contribution in [2.24, 2.45) is 0 Å². The lowest BCUT2D eigenvalue weighted by atomic mass is 9.84. The summed E-state index contributed by atoms with van der Waals surface area (Å²) >= 11 is 0. The van der Waals surface area contributed by atoms with E-state index in [1.807, 2.05) is 6.07 Å². The summed E-state index contributed by atoms with van der Waals surface area (Å²) in [6.45, 7) is 19.0. The SMILES string of the molecule is CC(C)(C)c1cc2ccn(CC(C)(C)c3cc4c(F)c[nH]c4nc3OCCN3CCC3)c2nc1OCCN1CCC1. The van der Waals surface area contributed by atoms with E-state index in [-0.39, 0.29) is 11.2 Å². The van der Waals surface area contributed by atoms with E-state index in [9.17, 15) is 4.39 Å². The van der Waals surface area contributed by atoms with Gasteiger partial charge in [0.2, 0.25) is 11.8 Å². The molecule has 0 radical (unpaired) electrons. The highest BCUT2D eigenvalue weighted by Crippen LogP contribution is 2.37. The maximum Gasteiger partial charge on any atom is 0.219 e. The third-order valence-electron chi connectivity index (χ3n) is 8.58. The van der Waals surface area contributed by atoms with Gasteiger partial charge in [-0.2, -0.15) is 9.97 Å². The fourth-order valence-corrected chi connectivity index (χ4v) is 5.73.